The molecule has 1 saturated heterocycles. The molecule has 0 radical (unpaired) electrons. The number of alkyl halides is 5. The van der Waals surface area contributed by atoms with Gasteiger partial charge >= 0.3 is 6.18 Å². The monoisotopic (exact) mass is 585 g/mol. The van der Waals surface area contributed by atoms with E-state index in [9.17, 15) is 26.7 Å². The molecule has 1 spiro atoms. The quantitative estimate of drug-likeness (QED) is 0.329. The Kier molecular flexibility index (Phi) is 5.94. The normalized spacial score (nSPS) is 24.1. The van der Waals surface area contributed by atoms with Gasteiger partial charge in [0.1, 0.15) is 12.2 Å². The fourth-order valence-electron chi connectivity index (χ4n) is 7.53. The number of fused-ring (bicyclic) bond motifs is 1. The Balaban J connectivity index is 1.21. The lowest BCUT2D eigenvalue weighted by molar-refractivity contribution is -0.138. The van der Waals surface area contributed by atoms with Crippen molar-refractivity contribution in [1.82, 2.24) is 19.7 Å². The molecule has 0 N–H and O–H groups in total. The highest BCUT2D eigenvalue weighted by atomic mass is 19.4. The standard InChI is InChI=1S/C31H32F5N5O/c1-19-13-40(9-8-30(19,32)33)14-20-10-23-24(25(11-20)31(34,35)36)15-41(26(23)42)22-5-3-4-21(12-22)29(16-28(17-29)6-7-28)27-38-37-18-39(27)2/h3-5,10-12,18-19H,6-9,13-17H2,1-2H3/t19-/m1/s1. The van der Waals surface area contributed by atoms with Crippen LogP contribution < -0.4 is 4.90 Å². The summed E-state index contributed by atoms with van der Waals surface area (Å²) in [5, 5.41) is 8.52. The number of piperidine rings is 1. The third-order valence-corrected chi connectivity index (χ3v) is 9.99. The molecule has 1 amide bonds. The number of rotatable bonds is 5. The molecule has 2 aliphatic carbocycles. The first-order chi connectivity index (χ1) is 19.8. The third kappa shape index (κ3) is 4.34. The van der Waals surface area contributed by atoms with Crippen LogP contribution in [0.2, 0.25) is 0 Å². The molecular formula is C31H32F5N5O. The molecule has 3 heterocycles. The Hall–Kier alpha value is -3.34. The van der Waals surface area contributed by atoms with Crippen molar-refractivity contribution >= 4 is 11.6 Å². The Morgan fingerprint density at radius 3 is 2.48 bits per heavy atom. The van der Waals surface area contributed by atoms with Crippen molar-refractivity contribution in [2.75, 3.05) is 18.0 Å². The Morgan fingerprint density at radius 1 is 1.07 bits per heavy atom. The molecule has 2 saturated carbocycles. The van der Waals surface area contributed by atoms with Crippen molar-refractivity contribution in [2.24, 2.45) is 18.4 Å². The number of nitrogens with zero attached hydrogens (tertiary/aromatic N) is 5. The minimum atomic E-state index is -4.67. The molecule has 6 nitrogen and oxygen atoms in total. The zero-order chi connectivity index (χ0) is 29.7. The number of amides is 1. The average molecular weight is 586 g/mol. The second-order valence-corrected chi connectivity index (χ2v) is 13.0. The summed E-state index contributed by atoms with van der Waals surface area (Å²) in [4.78, 5) is 16.9. The number of anilines is 1. The summed E-state index contributed by atoms with van der Waals surface area (Å²) in [5.41, 5.74) is 0.893. The fraction of sp³-hybridized carbons (Fsp3) is 0.516. The van der Waals surface area contributed by atoms with Crippen LogP contribution in [0.25, 0.3) is 0 Å². The molecule has 42 heavy (non-hydrogen) atoms. The van der Waals surface area contributed by atoms with Gasteiger partial charge in [-0.25, -0.2) is 8.78 Å². The van der Waals surface area contributed by atoms with E-state index < -0.39 is 29.5 Å². The molecule has 3 fully saturated rings. The zero-order valence-corrected chi connectivity index (χ0v) is 23.5. The molecule has 2 aromatic carbocycles. The third-order valence-electron chi connectivity index (χ3n) is 9.99. The number of likely N-dealkylation sites (tertiary alicyclic amines) is 1. The van der Waals surface area contributed by atoms with Crippen LogP contribution in [0.5, 0.6) is 0 Å². The molecule has 3 aromatic rings. The van der Waals surface area contributed by atoms with Crippen molar-refractivity contribution in [1.29, 1.82) is 0 Å². The van der Waals surface area contributed by atoms with Gasteiger partial charge < -0.3 is 9.47 Å². The van der Waals surface area contributed by atoms with Crippen LogP contribution >= 0.6 is 0 Å². The largest absolute Gasteiger partial charge is 0.416 e. The van der Waals surface area contributed by atoms with Gasteiger partial charge in [0.2, 0.25) is 0 Å². The van der Waals surface area contributed by atoms with E-state index in [1.165, 1.54) is 30.7 Å². The number of benzene rings is 2. The van der Waals surface area contributed by atoms with Crippen LogP contribution in [-0.4, -0.2) is 44.6 Å². The van der Waals surface area contributed by atoms with Crippen LogP contribution in [0.15, 0.2) is 42.7 Å². The van der Waals surface area contributed by atoms with Gasteiger partial charge in [0.05, 0.1) is 17.5 Å². The molecular weight excluding hydrogens is 553 g/mol. The number of halogens is 5. The Morgan fingerprint density at radius 2 is 1.83 bits per heavy atom. The van der Waals surface area contributed by atoms with E-state index in [4.69, 9.17) is 0 Å². The Labute approximate surface area is 240 Å². The first kappa shape index (κ1) is 27.5. The molecule has 2 aliphatic heterocycles. The smallest absolute Gasteiger partial charge is 0.320 e. The predicted molar refractivity (Wildman–Crippen MR) is 145 cm³/mol. The predicted octanol–water partition coefficient (Wildman–Crippen LogP) is 6.33. The lowest BCUT2D eigenvalue weighted by atomic mass is 9.56. The highest BCUT2D eigenvalue weighted by molar-refractivity contribution is 6.10. The van der Waals surface area contributed by atoms with E-state index in [1.807, 2.05) is 29.8 Å². The van der Waals surface area contributed by atoms with E-state index >= 15 is 0 Å². The second-order valence-electron chi connectivity index (χ2n) is 13.0. The Bertz CT molecular complexity index is 1570. The van der Waals surface area contributed by atoms with Gasteiger partial charge in [-0.2, -0.15) is 13.2 Å². The number of aryl methyl sites for hydroxylation is 1. The highest BCUT2D eigenvalue weighted by Gasteiger charge is 2.63. The first-order valence-electron chi connectivity index (χ1n) is 14.4. The van der Waals surface area contributed by atoms with E-state index in [0.29, 0.717) is 16.7 Å². The number of aromatic nitrogens is 3. The minimum absolute atomic E-state index is 0.0178. The maximum Gasteiger partial charge on any atom is 0.416 e. The number of hydrogen-bond donors (Lipinski definition) is 0. The van der Waals surface area contributed by atoms with Crippen molar-refractivity contribution in [3.8, 4) is 0 Å². The number of carbonyl (C=O) groups is 1. The highest BCUT2D eigenvalue weighted by Crippen LogP contribution is 2.70. The van der Waals surface area contributed by atoms with Gasteiger partial charge in [-0.15, -0.1) is 10.2 Å². The van der Waals surface area contributed by atoms with Crippen LogP contribution in [-0.2, 0) is 31.7 Å². The fourth-order valence-corrected chi connectivity index (χ4v) is 7.53. The van der Waals surface area contributed by atoms with Crippen molar-refractivity contribution < 1.29 is 26.7 Å². The van der Waals surface area contributed by atoms with Crippen LogP contribution in [0.4, 0.5) is 27.6 Å². The summed E-state index contributed by atoms with van der Waals surface area (Å²) in [6, 6.07) is 10.1. The molecule has 1 atom stereocenters. The maximum atomic E-state index is 14.3. The summed E-state index contributed by atoms with van der Waals surface area (Å²) >= 11 is 0. The van der Waals surface area contributed by atoms with E-state index in [0.717, 1.165) is 30.3 Å². The minimum Gasteiger partial charge on any atom is -0.320 e. The van der Waals surface area contributed by atoms with Gasteiger partial charge in [-0.1, -0.05) is 19.1 Å². The van der Waals surface area contributed by atoms with Gasteiger partial charge in [-0.05, 0) is 72.1 Å². The topological polar surface area (TPSA) is 54.3 Å². The second kappa shape index (κ2) is 9.08. The van der Waals surface area contributed by atoms with E-state index in [-0.39, 0.29) is 49.1 Å². The lowest BCUT2D eigenvalue weighted by Crippen LogP contribution is -2.45. The van der Waals surface area contributed by atoms with E-state index in [2.05, 4.69) is 10.2 Å². The molecule has 222 valence electrons. The average Bonchev–Trinajstić information content (AvgIpc) is 3.48. The number of hydrogen-bond acceptors (Lipinski definition) is 4. The maximum absolute atomic E-state index is 14.3. The van der Waals surface area contributed by atoms with E-state index in [1.54, 1.807) is 17.3 Å². The van der Waals surface area contributed by atoms with Gasteiger partial charge in [0.25, 0.3) is 11.8 Å². The first-order valence-corrected chi connectivity index (χ1v) is 14.4. The molecule has 0 bridgehead atoms. The van der Waals surface area contributed by atoms with Crippen molar-refractivity contribution in [2.45, 2.75) is 69.6 Å². The van der Waals surface area contributed by atoms with Crippen molar-refractivity contribution in [3.05, 3.63) is 76.4 Å². The summed E-state index contributed by atoms with van der Waals surface area (Å²) in [6.45, 7) is 1.49. The van der Waals surface area contributed by atoms with Gasteiger partial charge in [0.15, 0.2) is 0 Å². The lowest BCUT2D eigenvalue weighted by Gasteiger charge is -2.48. The SMILES string of the molecule is C[C@@H]1CN(Cc2cc3c(c(C(F)(F)F)c2)CN(c2cccc(C4(c5nncn5C)CC5(CC5)C4)c2)C3=O)CCC1(F)F. The molecule has 11 heteroatoms. The number of carbonyl (C=O) groups excluding carboxylic acids is 1. The van der Waals surface area contributed by atoms with Crippen LogP contribution in [0.3, 0.4) is 0 Å². The van der Waals surface area contributed by atoms with Gasteiger partial charge in [-0.3, -0.25) is 9.69 Å². The molecule has 7 rings (SSSR count). The summed E-state index contributed by atoms with van der Waals surface area (Å²) in [7, 11) is 1.91. The van der Waals surface area contributed by atoms with Crippen molar-refractivity contribution in [3.63, 3.8) is 0 Å². The summed E-state index contributed by atoms with van der Waals surface area (Å²) in [5.74, 6) is -3.33. The van der Waals surface area contributed by atoms with Crippen LogP contribution in [0, 0.1) is 11.3 Å². The molecule has 0 unspecified atom stereocenters. The molecule has 4 aliphatic rings. The zero-order valence-electron chi connectivity index (χ0n) is 23.5. The van der Waals surface area contributed by atoms with Gasteiger partial charge in [0, 0.05) is 50.3 Å². The summed E-state index contributed by atoms with van der Waals surface area (Å²) in [6.07, 6.45) is 0.859. The van der Waals surface area contributed by atoms with Crippen LogP contribution in [0.1, 0.15) is 77.5 Å². The summed E-state index contributed by atoms with van der Waals surface area (Å²) < 4.78 is 72.9. The molecule has 1 aromatic heterocycles.